The molecular formula is C12H12INO3. The Hall–Kier alpha value is -1.11. The molecule has 2 atom stereocenters. The highest BCUT2D eigenvalue weighted by atomic mass is 127. The Morgan fingerprint density at radius 2 is 1.76 bits per heavy atom. The van der Waals surface area contributed by atoms with Gasteiger partial charge >= 0.3 is 5.97 Å². The third-order valence-electron chi connectivity index (χ3n) is 3.04. The number of benzene rings is 1. The number of anilines is 1. The van der Waals surface area contributed by atoms with Crippen molar-refractivity contribution in [2.45, 2.75) is 12.8 Å². The quantitative estimate of drug-likeness (QED) is 0.827. The van der Waals surface area contributed by atoms with E-state index in [4.69, 9.17) is 5.11 Å². The molecule has 0 aliphatic heterocycles. The minimum atomic E-state index is -0.876. The summed E-state index contributed by atoms with van der Waals surface area (Å²) in [5.74, 6) is -1.96. The van der Waals surface area contributed by atoms with E-state index in [2.05, 4.69) is 27.9 Å². The molecule has 17 heavy (non-hydrogen) atoms. The SMILES string of the molecule is O=C(O)C1CCC1C(=O)Nc1ccc(I)cc1. The van der Waals surface area contributed by atoms with Crippen LogP contribution in [0.25, 0.3) is 0 Å². The second kappa shape index (κ2) is 5.03. The van der Waals surface area contributed by atoms with Crippen molar-refractivity contribution in [2.75, 3.05) is 5.32 Å². The molecule has 2 rings (SSSR count). The molecule has 4 nitrogen and oxygen atoms in total. The van der Waals surface area contributed by atoms with Gasteiger partial charge in [-0.2, -0.15) is 0 Å². The van der Waals surface area contributed by atoms with Crippen LogP contribution in [-0.2, 0) is 9.59 Å². The monoisotopic (exact) mass is 345 g/mol. The zero-order valence-corrected chi connectivity index (χ0v) is 11.2. The molecule has 0 radical (unpaired) electrons. The van der Waals surface area contributed by atoms with Crippen LogP contribution in [0.1, 0.15) is 12.8 Å². The number of aliphatic carboxylic acids is 1. The van der Waals surface area contributed by atoms with Crippen molar-refractivity contribution in [1.82, 2.24) is 0 Å². The minimum absolute atomic E-state index is 0.190. The summed E-state index contributed by atoms with van der Waals surface area (Å²) in [6, 6.07) is 7.42. The van der Waals surface area contributed by atoms with Gasteiger partial charge in [-0.25, -0.2) is 0 Å². The molecule has 5 heteroatoms. The molecule has 0 spiro atoms. The van der Waals surface area contributed by atoms with Gasteiger partial charge in [0, 0.05) is 9.26 Å². The van der Waals surface area contributed by atoms with Crippen LogP contribution in [0.3, 0.4) is 0 Å². The van der Waals surface area contributed by atoms with Crippen molar-refractivity contribution in [3.63, 3.8) is 0 Å². The number of carbonyl (C=O) groups is 2. The summed E-state index contributed by atoms with van der Waals surface area (Å²) in [7, 11) is 0. The fourth-order valence-corrected chi connectivity index (χ4v) is 2.24. The third kappa shape index (κ3) is 2.77. The topological polar surface area (TPSA) is 66.4 Å². The van der Waals surface area contributed by atoms with E-state index >= 15 is 0 Å². The molecular weight excluding hydrogens is 333 g/mol. The van der Waals surface area contributed by atoms with E-state index in [0.717, 1.165) is 3.57 Å². The number of amides is 1. The number of hydrogen-bond acceptors (Lipinski definition) is 2. The van der Waals surface area contributed by atoms with Crippen LogP contribution in [0.5, 0.6) is 0 Å². The van der Waals surface area contributed by atoms with Crippen molar-refractivity contribution in [1.29, 1.82) is 0 Å². The van der Waals surface area contributed by atoms with Gasteiger partial charge in [0.25, 0.3) is 0 Å². The van der Waals surface area contributed by atoms with Crippen LogP contribution in [0.15, 0.2) is 24.3 Å². The summed E-state index contributed by atoms with van der Waals surface area (Å²) in [5.41, 5.74) is 0.714. The van der Waals surface area contributed by atoms with E-state index in [1.165, 1.54) is 0 Å². The highest BCUT2D eigenvalue weighted by Crippen LogP contribution is 2.35. The summed E-state index contributed by atoms with van der Waals surface area (Å²) in [5, 5.41) is 11.6. The molecule has 1 fully saturated rings. The first-order valence-electron chi connectivity index (χ1n) is 5.37. The number of halogens is 1. The average Bonchev–Trinajstić information content (AvgIpc) is 2.18. The van der Waals surface area contributed by atoms with Gasteiger partial charge in [-0.1, -0.05) is 0 Å². The predicted octanol–water partition coefficient (Wildman–Crippen LogP) is 2.34. The van der Waals surface area contributed by atoms with Crippen molar-refractivity contribution in [3.05, 3.63) is 27.8 Å². The van der Waals surface area contributed by atoms with Crippen molar-refractivity contribution in [2.24, 2.45) is 11.8 Å². The first-order valence-corrected chi connectivity index (χ1v) is 6.45. The predicted molar refractivity (Wildman–Crippen MR) is 71.6 cm³/mol. The van der Waals surface area contributed by atoms with Gasteiger partial charge < -0.3 is 10.4 Å². The molecule has 0 heterocycles. The molecule has 90 valence electrons. The minimum Gasteiger partial charge on any atom is -0.481 e. The van der Waals surface area contributed by atoms with Crippen LogP contribution >= 0.6 is 22.6 Å². The maximum atomic E-state index is 11.8. The normalized spacial score (nSPS) is 22.6. The lowest BCUT2D eigenvalue weighted by atomic mass is 9.73. The molecule has 0 saturated heterocycles. The molecule has 0 aromatic heterocycles. The standard InChI is InChI=1S/C12H12INO3/c13-7-1-3-8(4-2-7)14-11(15)9-5-6-10(9)12(16)17/h1-4,9-10H,5-6H2,(H,14,15)(H,16,17). The van der Waals surface area contributed by atoms with Gasteiger partial charge in [0.05, 0.1) is 11.8 Å². The second-order valence-corrected chi connectivity index (χ2v) is 5.37. The first-order chi connectivity index (χ1) is 8.08. The van der Waals surface area contributed by atoms with Crippen molar-refractivity contribution < 1.29 is 14.7 Å². The summed E-state index contributed by atoms with van der Waals surface area (Å²) in [6.07, 6.45) is 1.26. The number of hydrogen-bond donors (Lipinski definition) is 2. The molecule has 1 saturated carbocycles. The maximum Gasteiger partial charge on any atom is 0.307 e. The molecule has 0 bridgehead atoms. The zero-order chi connectivity index (χ0) is 12.4. The Balaban J connectivity index is 1.98. The fraction of sp³-hybridized carbons (Fsp3) is 0.333. The smallest absolute Gasteiger partial charge is 0.307 e. The zero-order valence-electron chi connectivity index (χ0n) is 9.02. The highest BCUT2D eigenvalue weighted by molar-refractivity contribution is 14.1. The summed E-state index contributed by atoms with van der Waals surface area (Å²) < 4.78 is 1.09. The van der Waals surface area contributed by atoms with E-state index < -0.39 is 11.9 Å². The summed E-state index contributed by atoms with van der Waals surface area (Å²) >= 11 is 2.18. The van der Waals surface area contributed by atoms with Crippen LogP contribution < -0.4 is 5.32 Å². The fourth-order valence-electron chi connectivity index (χ4n) is 1.88. The van der Waals surface area contributed by atoms with E-state index in [0.29, 0.717) is 18.5 Å². The molecule has 1 aromatic carbocycles. The van der Waals surface area contributed by atoms with Gasteiger partial charge in [-0.05, 0) is 59.7 Å². The Kier molecular flexibility index (Phi) is 3.66. The molecule has 2 N–H and O–H groups in total. The number of carboxylic acids is 1. The number of nitrogens with one attached hydrogen (secondary N) is 1. The molecule has 1 aliphatic rings. The Morgan fingerprint density at radius 1 is 1.18 bits per heavy atom. The molecule has 1 amide bonds. The van der Waals surface area contributed by atoms with Crippen molar-refractivity contribution in [3.8, 4) is 0 Å². The number of carboxylic acid groups (broad SMARTS) is 1. The molecule has 1 aromatic rings. The van der Waals surface area contributed by atoms with Crippen LogP contribution in [0.4, 0.5) is 5.69 Å². The summed E-state index contributed by atoms with van der Waals surface area (Å²) in [4.78, 5) is 22.6. The van der Waals surface area contributed by atoms with Gasteiger partial charge in [-0.15, -0.1) is 0 Å². The van der Waals surface area contributed by atoms with Crippen LogP contribution in [0, 0.1) is 15.4 Å². The number of carbonyl (C=O) groups excluding carboxylic acids is 1. The highest BCUT2D eigenvalue weighted by Gasteiger charge is 2.41. The lowest BCUT2D eigenvalue weighted by molar-refractivity contribution is -0.151. The van der Waals surface area contributed by atoms with E-state index in [1.807, 2.05) is 24.3 Å². The Morgan fingerprint density at radius 3 is 2.24 bits per heavy atom. The van der Waals surface area contributed by atoms with E-state index in [1.54, 1.807) is 0 Å². The summed E-state index contributed by atoms with van der Waals surface area (Å²) in [6.45, 7) is 0. The molecule has 1 aliphatic carbocycles. The second-order valence-electron chi connectivity index (χ2n) is 4.12. The Bertz CT molecular complexity index is 444. The van der Waals surface area contributed by atoms with Gasteiger partial charge in [0.1, 0.15) is 0 Å². The van der Waals surface area contributed by atoms with Crippen LogP contribution in [0.2, 0.25) is 0 Å². The van der Waals surface area contributed by atoms with Crippen molar-refractivity contribution >= 4 is 40.2 Å². The van der Waals surface area contributed by atoms with Gasteiger partial charge in [0.15, 0.2) is 0 Å². The Labute approximate surface area is 113 Å². The van der Waals surface area contributed by atoms with Crippen LogP contribution in [-0.4, -0.2) is 17.0 Å². The maximum absolute atomic E-state index is 11.8. The number of rotatable bonds is 3. The lowest BCUT2D eigenvalue weighted by Gasteiger charge is -2.31. The van der Waals surface area contributed by atoms with E-state index in [9.17, 15) is 9.59 Å². The lowest BCUT2D eigenvalue weighted by Crippen LogP contribution is -2.41. The first kappa shape index (κ1) is 12.3. The van der Waals surface area contributed by atoms with E-state index in [-0.39, 0.29) is 11.8 Å². The third-order valence-corrected chi connectivity index (χ3v) is 3.76. The average molecular weight is 345 g/mol. The van der Waals surface area contributed by atoms with Gasteiger partial charge in [0.2, 0.25) is 5.91 Å². The van der Waals surface area contributed by atoms with Gasteiger partial charge in [-0.3, -0.25) is 9.59 Å². The molecule has 2 unspecified atom stereocenters. The largest absolute Gasteiger partial charge is 0.481 e.